The van der Waals surface area contributed by atoms with E-state index in [2.05, 4.69) is 27.0 Å². The molecule has 0 saturated heterocycles. The lowest BCUT2D eigenvalue weighted by Gasteiger charge is -2.27. The summed E-state index contributed by atoms with van der Waals surface area (Å²) in [4.78, 5) is 37.8. The number of nitrogen functional groups attached to an aromatic ring is 1. The first-order valence-corrected chi connectivity index (χ1v) is 21.7. The van der Waals surface area contributed by atoms with Gasteiger partial charge >= 0.3 is 19.5 Å². The Kier molecular flexibility index (Phi) is 19.4. The van der Waals surface area contributed by atoms with Crippen LogP contribution in [0.25, 0.3) is 11.2 Å². The second kappa shape index (κ2) is 23.4. The third-order valence-electron chi connectivity index (χ3n) is 8.86. The second-order valence-electron chi connectivity index (χ2n) is 15.2. The summed E-state index contributed by atoms with van der Waals surface area (Å²) in [7, 11) is -3.85. The van der Waals surface area contributed by atoms with Gasteiger partial charge in [0.15, 0.2) is 11.5 Å². The molecule has 0 aliphatic heterocycles. The van der Waals surface area contributed by atoms with Gasteiger partial charge < -0.3 is 29.0 Å². The fourth-order valence-electron chi connectivity index (χ4n) is 5.98. The van der Waals surface area contributed by atoms with E-state index in [1.807, 2.05) is 0 Å². The standard InChI is InChI=1S/C40H65N6O7P/c1-7-8-9-10-11-12-13-14-15-16-17-18-19-20-21-22-35(47)51-33-23-25-34(26-24-33)53-54(49,45-32(3)39(48)52-40(4,5)6)30-50-31(2)27-46-29-44-36-37(41)42-28-43-38(36)46/h23-26,28-29,31-32H,7-22,27,30H2,1-6H3,(H,45,49)(H2,41,42,43)/t31-,32+,54?/m1/s1. The molecule has 1 aromatic carbocycles. The Balaban J connectivity index is 1.43. The molecule has 3 N–H and O–H groups in total. The molecular formula is C40H65N6O7P. The molecule has 54 heavy (non-hydrogen) atoms. The number of carbonyl (C=O) groups excluding carboxylic acids is 2. The second-order valence-corrected chi connectivity index (χ2v) is 17.3. The highest BCUT2D eigenvalue weighted by Gasteiger charge is 2.33. The van der Waals surface area contributed by atoms with Gasteiger partial charge in [-0.3, -0.25) is 14.2 Å². The monoisotopic (exact) mass is 772 g/mol. The zero-order valence-corrected chi connectivity index (χ0v) is 34.4. The SMILES string of the molecule is CCCCCCCCCCCCCCCCCC(=O)Oc1ccc(OP(=O)(CO[C@H](C)Cn2cnc3c(N)ncnc32)N[C@@H](C)C(=O)OC(C)(C)C)cc1. The Morgan fingerprint density at radius 1 is 0.833 bits per heavy atom. The first kappa shape index (κ1) is 44.9. The molecule has 0 amide bonds. The Bertz CT molecular complexity index is 1590. The summed E-state index contributed by atoms with van der Waals surface area (Å²) in [5.41, 5.74) is 6.20. The van der Waals surface area contributed by atoms with Crippen LogP contribution in [-0.2, 0) is 30.2 Å². The van der Waals surface area contributed by atoms with Gasteiger partial charge in [0, 0.05) is 6.42 Å². The number of anilines is 1. The number of nitrogens with one attached hydrogen (secondary N) is 1. The van der Waals surface area contributed by atoms with Gasteiger partial charge in [0.2, 0.25) is 0 Å². The number of hydrogen-bond donors (Lipinski definition) is 2. The Morgan fingerprint density at radius 2 is 1.39 bits per heavy atom. The van der Waals surface area contributed by atoms with Gasteiger partial charge in [-0.05, 0) is 65.3 Å². The van der Waals surface area contributed by atoms with Crippen molar-refractivity contribution in [3.8, 4) is 11.5 Å². The van der Waals surface area contributed by atoms with E-state index in [1.54, 1.807) is 69.8 Å². The van der Waals surface area contributed by atoms with Gasteiger partial charge in [0.05, 0.1) is 19.0 Å². The molecule has 1 unspecified atom stereocenters. The summed E-state index contributed by atoms with van der Waals surface area (Å²) in [5, 5.41) is 2.82. The van der Waals surface area contributed by atoms with Crippen molar-refractivity contribution >= 4 is 36.4 Å². The van der Waals surface area contributed by atoms with E-state index in [9.17, 15) is 14.2 Å². The maximum atomic E-state index is 14.2. The minimum atomic E-state index is -3.85. The molecule has 302 valence electrons. The van der Waals surface area contributed by atoms with Crippen molar-refractivity contribution in [3.05, 3.63) is 36.9 Å². The molecule has 0 saturated carbocycles. The highest BCUT2D eigenvalue weighted by atomic mass is 31.2. The van der Waals surface area contributed by atoms with Crippen LogP contribution in [0.5, 0.6) is 11.5 Å². The van der Waals surface area contributed by atoms with E-state index in [1.165, 1.54) is 83.4 Å². The smallest absolute Gasteiger partial charge is 0.342 e. The van der Waals surface area contributed by atoms with Crippen molar-refractivity contribution in [2.24, 2.45) is 0 Å². The molecule has 2 heterocycles. The summed E-state index contributed by atoms with van der Waals surface area (Å²) in [6, 6.07) is 5.33. The number of benzene rings is 1. The number of hydrogen-bond acceptors (Lipinski definition) is 11. The van der Waals surface area contributed by atoms with Crippen molar-refractivity contribution in [1.29, 1.82) is 0 Å². The lowest BCUT2D eigenvalue weighted by Crippen LogP contribution is -2.39. The normalized spacial score (nSPS) is 14.0. The molecule has 0 spiro atoms. The zero-order valence-electron chi connectivity index (χ0n) is 33.5. The summed E-state index contributed by atoms with van der Waals surface area (Å²) >= 11 is 0. The average Bonchev–Trinajstić information content (AvgIpc) is 3.52. The molecule has 3 aromatic rings. The quantitative estimate of drug-likeness (QED) is 0.0326. The fraction of sp³-hybridized carbons (Fsp3) is 0.675. The molecule has 3 rings (SSSR count). The molecule has 0 fully saturated rings. The van der Waals surface area contributed by atoms with Gasteiger partial charge in [-0.2, -0.15) is 0 Å². The number of rotatable bonds is 27. The number of esters is 2. The van der Waals surface area contributed by atoms with Crippen LogP contribution in [0.4, 0.5) is 5.82 Å². The molecule has 14 heteroatoms. The Labute approximate surface area is 322 Å². The minimum Gasteiger partial charge on any atom is -0.459 e. The zero-order chi connectivity index (χ0) is 39.4. The van der Waals surface area contributed by atoms with Gasteiger partial charge in [0.25, 0.3) is 0 Å². The molecule has 0 radical (unpaired) electrons. The van der Waals surface area contributed by atoms with Crippen molar-refractivity contribution in [2.45, 2.75) is 169 Å². The number of fused-ring (bicyclic) bond motifs is 1. The van der Waals surface area contributed by atoms with Crippen LogP contribution in [0.15, 0.2) is 36.9 Å². The fourth-order valence-corrected chi connectivity index (χ4v) is 7.77. The van der Waals surface area contributed by atoms with Crippen molar-refractivity contribution < 1.29 is 32.9 Å². The van der Waals surface area contributed by atoms with E-state index in [4.69, 9.17) is 24.5 Å². The van der Waals surface area contributed by atoms with Crippen molar-refractivity contribution in [2.75, 3.05) is 12.1 Å². The molecule has 0 aliphatic carbocycles. The van der Waals surface area contributed by atoms with E-state index in [0.717, 1.165) is 19.3 Å². The third-order valence-corrected chi connectivity index (χ3v) is 10.6. The summed E-state index contributed by atoms with van der Waals surface area (Å²) in [5.74, 6) is -0.00269. The molecule has 3 atom stereocenters. The number of unbranched alkanes of at least 4 members (excludes halogenated alkanes) is 14. The molecular weight excluding hydrogens is 707 g/mol. The predicted molar refractivity (Wildman–Crippen MR) is 213 cm³/mol. The van der Waals surface area contributed by atoms with E-state index in [-0.39, 0.29) is 23.9 Å². The average molecular weight is 773 g/mol. The molecule has 0 aliphatic rings. The van der Waals surface area contributed by atoms with Crippen LogP contribution >= 0.6 is 7.52 Å². The largest absolute Gasteiger partial charge is 0.459 e. The summed E-state index contributed by atoms with van der Waals surface area (Å²) in [6.07, 6.45) is 21.4. The van der Waals surface area contributed by atoms with Gasteiger partial charge in [-0.1, -0.05) is 96.8 Å². The number of aromatic nitrogens is 4. The maximum Gasteiger partial charge on any atom is 0.342 e. The van der Waals surface area contributed by atoms with Gasteiger partial charge in [-0.25, -0.2) is 20.0 Å². The van der Waals surface area contributed by atoms with E-state index in [0.29, 0.717) is 29.9 Å². The van der Waals surface area contributed by atoms with Crippen LogP contribution in [-0.4, -0.2) is 55.6 Å². The molecule has 2 aromatic heterocycles. The highest BCUT2D eigenvalue weighted by Crippen LogP contribution is 2.44. The number of nitrogens with zero attached hydrogens (tertiary/aromatic N) is 4. The minimum absolute atomic E-state index is 0.244. The number of imidazole rings is 1. The van der Waals surface area contributed by atoms with Crippen LogP contribution in [0.2, 0.25) is 0 Å². The van der Waals surface area contributed by atoms with Gasteiger partial charge in [0.1, 0.15) is 41.3 Å². The highest BCUT2D eigenvalue weighted by molar-refractivity contribution is 7.57. The lowest BCUT2D eigenvalue weighted by atomic mass is 10.0. The van der Waals surface area contributed by atoms with Gasteiger partial charge in [-0.15, -0.1) is 0 Å². The summed E-state index contributed by atoms with van der Waals surface area (Å²) in [6.45, 7) is 11.2. The van der Waals surface area contributed by atoms with E-state index < -0.39 is 31.2 Å². The Hall–Kier alpha value is -3.54. The number of ether oxygens (including phenoxy) is 3. The molecule has 0 bridgehead atoms. The van der Waals surface area contributed by atoms with Crippen molar-refractivity contribution in [1.82, 2.24) is 24.6 Å². The number of carbonyl (C=O) groups is 2. The van der Waals surface area contributed by atoms with Crippen LogP contribution in [0.3, 0.4) is 0 Å². The third kappa shape index (κ3) is 17.3. The first-order chi connectivity index (χ1) is 25.8. The lowest BCUT2D eigenvalue weighted by molar-refractivity contribution is -0.156. The van der Waals surface area contributed by atoms with Crippen LogP contribution < -0.4 is 20.1 Å². The predicted octanol–water partition coefficient (Wildman–Crippen LogP) is 9.53. The topological polar surface area (TPSA) is 170 Å². The van der Waals surface area contributed by atoms with Crippen molar-refractivity contribution in [3.63, 3.8) is 0 Å². The summed E-state index contributed by atoms with van der Waals surface area (Å²) < 4.78 is 38.9. The van der Waals surface area contributed by atoms with E-state index >= 15 is 0 Å². The maximum absolute atomic E-state index is 14.2. The number of nitrogens with two attached hydrogens (primary N) is 1. The van der Waals surface area contributed by atoms with Crippen LogP contribution in [0.1, 0.15) is 144 Å². The van der Waals surface area contributed by atoms with Crippen LogP contribution in [0, 0.1) is 0 Å². The Morgan fingerprint density at radius 3 is 1.96 bits per heavy atom. The first-order valence-electron chi connectivity index (χ1n) is 19.9. The molecule has 13 nitrogen and oxygen atoms in total.